The number of nitrogens with zero attached hydrogens (tertiary/aromatic N) is 2. The lowest BCUT2D eigenvalue weighted by Gasteiger charge is -2.15. The van der Waals surface area contributed by atoms with Crippen molar-refractivity contribution in [2.24, 2.45) is 4.99 Å². The second kappa shape index (κ2) is 12.6. The number of alkyl halides is 2. The molecule has 6 nitrogen and oxygen atoms in total. The number of hydrogen-bond acceptors (Lipinski definition) is 4. The van der Waals surface area contributed by atoms with Gasteiger partial charge in [0.2, 0.25) is 0 Å². The van der Waals surface area contributed by atoms with Crippen LogP contribution in [0, 0.1) is 0 Å². The van der Waals surface area contributed by atoms with Gasteiger partial charge in [0.05, 0.1) is 13.7 Å². The predicted octanol–water partition coefficient (Wildman–Crippen LogP) is 4.22. The normalized spacial score (nSPS) is 11.0. The van der Waals surface area contributed by atoms with Gasteiger partial charge in [-0.05, 0) is 36.8 Å². The van der Waals surface area contributed by atoms with Gasteiger partial charge in [-0.15, -0.1) is 24.0 Å². The lowest BCUT2D eigenvalue weighted by Crippen LogP contribution is -2.36. The lowest BCUT2D eigenvalue weighted by atomic mass is 10.2. The van der Waals surface area contributed by atoms with Gasteiger partial charge in [0, 0.05) is 24.8 Å². The second-order valence-electron chi connectivity index (χ2n) is 5.39. The molecule has 0 spiro atoms. The summed E-state index contributed by atoms with van der Waals surface area (Å²) in [4.78, 5) is 8.46. The average Bonchev–Trinajstić information content (AvgIpc) is 2.65. The van der Waals surface area contributed by atoms with Crippen molar-refractivity contribution in [3.63, 3.8) is 0 Å². The van der Waals surface area contributed by atoms with Crippen molar-refractivity contribution >= 4 is 41.5 Å². The highest BCUT2D eigenvalue weighted by Gasteiger charge is 2.11. The summed E-state index contributed by atoms with van der Waals surface area (Å²) >= 11 is 5.77. The van der Waals surface area contributed by atoms with Crippen LogP contribution in [0.1, 0.15) is 18.1 Å². The fraction of sp³-hybridized carbons (Fsp3) is 0.333. The second-order valence-corrected chi connectivity index (χ2v) is 5.78. The molecule has 2 N–H and O–H groups in total. The first-order valence-electron chi connectivity index (χ1n) is 8.26. The Morgan fingerprint density at radius 2 is 2.04 bits per heavy atom. The maximum Gasteiger partial charge on any atom is 0.387 e. The Balaban J connectivity index is 0.00000392. The van der Waals surface area contributed by atoms with E-state index in [2.05, 4.69) is 25.3 Å². The predicted molar refractivity (Wildman–Crippen MR) is 116 cm³/mol. The maximum atomic E-state index is 12.6. The molecular weight excluding hydrogens is 505 g/mol. The van der Waals surface area contributed by atoms with Crippen molar-refractivity contribution in [1.82, 2.24) is 15.6 Å². The molecule has 10 heteroatoms. The van der Waals surface area contributed by atoms with E-state index in [9.17, 15) is 8.78 Å². The van der Waals surface area contributed by atoms with Crippen molar-refractivity contribution < 1.29 is 18.3 Å². The first-order valence-corrected chi connectivity index (χ1v) is 8.64. The Hall–Kier alpha value is -1.88. The summed E-state index contributed by atoms with van der Waals surface area (Å²) in [6.07, 6.45) is 1.64. The maximum absolute atomic E-state index is 12.6. The van der Waals surface area contributed by atoms with E-state index in [1.54, 1.807) is 24.4 Å². The molecule has 0 amide bonds. The van der Waals surface area contributed by atoms with E-state index in [-0.39, 0.29) is 36.3 Å². The molecule has 1 heterocycles. The van der Waals surface area contributed by atoms with Crippen LogP contribution in [0.5, 0.6) is 11.5 Å². The quantitative estimate of drug-likeness (QED) is 0.233. The monoisotopic (exact) mass is 526 g/mol. The van der Waals surface area contributed by atoms with E-state index in [1.165, 1.54) is 13.2 Å². The summed E-state index contributed by atoms with van der Waals surface area (Å²) < 4.78 is 34.9. The van der Waals surface area contributed by atoms with Crippen LogP contribution in [0.4, 0.5) is 8.78 Å². The van der Waals surface area contributed by atoms with Crippen LogP contribution < -0.4 is 20.1 Å². The number of nitrogens with one attached hydrogen (secondary N) is 2. The number of rotatable bonds is 8. The van der Waals surface area contributed by atoms with Gasteiger partial charge in [0.1, 0.15) is 16.7 Å². The minimum absolute atomic E-state index is 0. The van der Waals surface area contributed by atoms with E-state index in [0.717, 1.165) is 5.56 Å². The Labute approximate surface area is 184 Å². The molecule has 2 aromatic rings. The van der Waals surface area contributed by atoms with Crippen LogP contribution in [0.2, 0.25) is 5.15 Å². The van der Waals surface area contributed by atoms with Gasteiger partial charge in [-0.25, -0.2) is 9.98 Å². The minimum Gasteiger partial charge on any atom is -0.497 e. The standard InChI is InChI=1S/C18H21ClF2N4O2.HI/c1-3-22-18(24-10-12-4-7-16(19)23-9-12)25-11-13-8-14(26-2)5-6-15(13)27-17(20)21;/h4-9,17H,3,10-11H2,1-2H3,(H2,22,24,25);1H. The molecule has 0 saturated heterocycles. The lowest BCUT2D eigenvalue weighted by molar-refractivity contribution is -0.0504. The van der Waals surface area contributed by atoms with Crippen LogP contribution in [-0.4, -0.2) is 31.2 Å². The van der Waals surface area contributed by atoms with E-state index in [0.29, 0.717) is 35.5 Å². The third kappa shape index (κ3) is 8.01. The molecule has 0 aliphatic rings. The summed E-state index contributed by atoms with van der Waals surface area (Å²) in [5, 5.41) is 6.61. The summed E-state index contributed by atoms with van der Waals surface area (Å²) in [5.41, 5.74) is 1.41. The molecular formula is C18H22ClF2IN4O2. The van der Waals surface area contributed by atoms with Gasteiger partial charge >= 0.3 is 6.61 Å². The molecule has 0 saturated carbocycles. The smallest absolute Gasteiger partial charge is 0.387 e. The van der Waals surface area contributed by atoms with Crippen molar-refractivity contribution in [2.45, 2.75) is 26.6 Å². The van der Waals surface area contributed by atoms with Gasteiger partial charge in [0.15, 0.2) is 5.96 Å². The first-order chi connectivity index (χ1) is 13.0. The van der Waals surface area contributed by atoms with Crippen LogP contribution in [0.3, 0.4) is 0 Å². The largest absolute Gasteiger partial charge is 0.497 e. The molecule has 1 aromatic heterocycles. The molecule has 0 radical (unpaired) electrons. The molecule has 154 valence electrons. The topological polar surface area (TPSA) is 67.8 Å². The molecule has 0 aliphatic carbocycles. The molecule has 28 heavy (non-hydrogen) atoms. The SMILES string of the molecule is CCNC(=NCc1ccc(Cl)nc1)NCc1cc(OC)ccc1OC(F)F.I. The number of aliphatic imine (C=N–C) groups is 1. The van der Waals surface area contributed by atoms with Crippen LogP contribution >= 0.6 is 35.6 Å². The Kier molecular flexibility index (Phi) is 10.8. The molecule has 1 aromatic carbocycles. The Morgan fingerprint density at radius 3 is 2.64 bits per heavy atom. The number of halogens is 4. The van der Waals surface area contributed by atoms with E-state index in [4.69, 9.17) is 16.3 Å². The molecule has 0 fully saturated rings. The number of methoxy groups -OCH3 is 1. The van der Waals surface area contributed by atoms with Gasteiger partial charge in [-0.3, -0.25) is 0 Å². The minimum atomic E-state index is -2.91. The highest BCUT2D eigenvalue weighted by atomic mass is 127. The number of guanidine groups is 1. The van der Waals surface area contributed by atoms with E-state index >= 15 is 0 Å². The summed E-state index contributed by atoms with van der Waals surface area (Å²) in [6.45, 7) is 0.278. The molecule has 0 aliphatic heterocycles. The zero-order valence-electron chi connectivity index (χ0n) is 15.4. The van der Waals surface area contributed by atoms with Gasteiger partial charge in [-0.2, -0.15) is 8.78 Å². The Morgan fingerprint density at radius 1 is 1.25 bits per heavy atom. The molecule has 2 rings (SSSR count). The number of aromatic nitrogens is 1. The molecule has 0 bridgehead atoms. The third-order valence-electron chi connectivity index (χ3n) is 3.48. The first kappa shape index (κ1) is 24.2. The number of pyridine rings is 1. The Bertz CT molecular complexity index is 764. The third-order valence-corrected chi connectivity index (χ3v) is 3.71. The fourth-order valence-corrected chi connectivity index (χ4v) is 2.33. The van der Waals surface area contributed by atoms with Crippen molar-refractivity contribution in [1.29, 1.82) is 0 Å². The fourth-order valence-electron chi connectivity index (χ4n) is 2.22. The summed E-state index contributed by atoms with van der Waals surface area (Å²) in [6, 6.07) is 8.17. The molecule has 0 atom stereocenters. The van der Waals surface area contributed by atoms with Crippen LogP contribution in [0.15, 0.2) is 41.5 Å². The average molecular weight is 527 g/mol. The number of hydrogen-bond donors (Lipinski definition) is 2. The van der Waals surface area contributed by atoms with Crippen molar-refractivity contribution in [3.05, 3.63) is 52.8 Å². The van der Waals surface area contributed by atoms with Gasteiger partial charge in [0.25, 0.3) is 0 Å². The van der Waals surface area contributed by atoms with Crippen LogP contribution in [-0.2, 0) is 13.1 Å². The van der Waals surface area contributed by atoms with Crippen LogP contribution in [0.25, 0.3) is 0 Å². The molecule has 0 unspecified atom stereocenters. The van der Waals surface area contributed by atoms with E-state index in [1.807, 2.05) is 13.0 Å². The summed E-state index contributed by atoms with van der Waals surface area (Å²) in [7, 11) is 1.51. The number of benzene rings is 1. The van der Waals surface area contributed by atoms with E-state index < -0.39 is 6.61 Å². The van der Waals surface area contributed by atoms with Crippen molar-refractivity contribution in [3.8, 4) is 11.5 Å². The van der Waals surface area contributed by atoms with Gasteiger partial charge < -0.3 is 20.1 Å². The number of ether oxygens (including phenoxy) is 2. The zero-order chi connectivity index (χ0) is 19.6. The summed E-state index contributed by atoms with van der Waals surface area (Å²) in [5.74, 6) is 1.15. The van der Waals surface area contributed by atoms with Gasteiger partial charge in [-0.1, -0.05) is 17.7 Å². The highest BCUT2D eigenvalue weighted by molar-refractivity contribution is 14.0. The zero-order valence-corrected chi connectivity index (χ0v) is 18.5. The highest BCUT2D eigenvalue weighted by Crippen LogP contribution is 2.25. The van der Waals surface area contributed by atoms with Crippen molar-refractivity contribution in [2.75, 3.05) is 13.7 Å².